The molecule has 4 N–H and O–H groups in total. The Morgan fingerprint density at radius 3 is 2.64 bits per heavy atom. The number of nitrogens with one attached hydrogen (secondary N) is 2. The van der Waals surface area contributed by atoms with Crippen LogP contribution in [0.1, 0.15) is 19.4 Å². The Bertz CT molecular complexity index is 613. The van der Waals surface area contributed by atoms with Crippen molar-refractivity contribution in [1.29, 1.82) is 0 Å². The summed E-state index contributed by atoms with van der Waals surface area (Å²) < 4.78 is 4.97. The van der Waals surface area contributed by atoms with Crippen LogP contribution in [0.15, 0.2) is 34.5 Å². The third-order valence-corrected chi connectivity index (χ3v) is 2.67. The number of nitrogens with zero attached hydrogens (tertiary/aromatic N) is 2. The van der Waals surface area contributed by atoms with Crippen molar-refractivity contribution in [2.75, 3.05) is 12.0 Å². The van der Waals surface area contributed by atoms with Crippen molar-refractivity contribution >= 4 is 40.4 Å². The van der Waals surface area contributed by atoms with Crippen LogP contribution in [-0.4, -0.2) is 29.1 Å². The normalized spacial score (nSPS) is 11.8. The van der Waals surface area contributed by atoms with Gasteiger partial charge in [-0.25, -0.2) is 4.79 Å². The van der Waals surface area contributed by atoms with E-state index in [0.29, 0.717) is 5.71 Å². The van der Waals surface area contributed by atoms with Gasteiger partial charge in [-0.1, -0.05) is 18.2 Å². The van der Waals surface area contributed by atoms with Gasteiger partial charge in [0.05, 0.1) is 18.0 Å². The number of ether oxygens (including phenoxy) is 1. The molecule has 0 aliphatic carbocycles. The summed E-state index contributed by atoms with van der Waals surface area (Å²) in [6, 6.07) is 7.55. The molecule has 1 aromatic carbocycles. The zero-order valence-corrected chi connectivity index (χ0v) is 13.5. The number of benzene rings is 1. The van der Waals surface area contributed by atoms with Crippen LogP contribution < -0.4 is 16.6 Å². The minimum absolute atomic E-state index is 0.00516. The maximum Gasteiger partial charge on any atom is 0.360 e. The number of aryl methyl sites for hydroxylation is 1. The Kier molecular flexibility index (Phi) is 6.97. The van der Waals surface area contributed by atoms with Crippen molar-refractivity contribution in [3.05, 3.63) is 29.8 Å². The number of rotatable bonds is 6. The molecule has 7 nitrogen and oxygen atoms in total. The highest BCUT2D eigenvalue weighted by atomic mass is 32.1. The summed E-state index contributed by atoms with van der Waals surface area (Å²) in [6.07, 6.45) is 0. The quantitative estimate of drug-likeness (QED) is 0.318. The molecule has 22 heavy (non-hydrogen) atoms. The number of esters is 1. The van der Waals surface area contributed by atoms with Crippen LogP contribution in [0.25, 0.3) is 0 Å². The molecule has 1 aromatic rings. The van der Waals surface area contributed by atoms with Gasteiger partial charge in [0.25, 0.3) is 0 Å². The van der Waals surface area contributed by atoms with Crippen molar-refractivity contribution in [3.63, 3.8) is 0 Å². The molecule has 0 aromatic heterocycles. The van der Waals surface area contributed by atoms with E-state index in [1.54, 1.807) is 13.8 Å². The van der Waals surface area contributed by atoms with Crippen molar-refractivity contribution in [3.8, 4) is 0 Å². The van der Waals surface area contributed by atoms with E-state index in [9.17, 15) is 4.79 Å². The van der Waals surface area contributed by atoms with Crippen molar-refractivity contribution in [2.45, 2.75) is 20.8 Å². The van der Waals surface area contributed by atoms with Crippen molar-refractivity contribution < 1.29 is 9.53 Å². The smallest absolute Gasteiger partial charge is 0.360 e. The molecular formula is C14H19N5O2S. The molecule has 0 radical (unpaired) electrons. The molecule has 0 unspecified atom stereocenters. The Hall–Kier alpha value is -2.48. The second kappa shape index (κ2) is 8.73. The summed E-state index contributed by atoms with van der Waals surface area (Å²) in [5, 5.41) is 7.97. The number of hydrogen-bond donors (Lipinski definition) is 3. The lowest BCUT2D eigenvalue weighted by Crippen LogP contribution is -2.30. The first-order chi connectivity index (χ1) is 10.5. The molecule has 0 saturated heterocycles. The number of carbonyl (C=O) groups excluding carboxylic acids is 1. The van der Waals surface area contributed by atoms with Gasteiger partial charge >= 0.3 is 5.97 Å². The largest absolute Gasteiger partial charge is 0.461 e. The van der Waals surface area contributed by atoms with Crippen LogP contribution >= 0.6 is 12.2 Å². The lowest BCUT2D eigenvalue weighted by Gasteiger charge is -2.08. The van der Waals surface area contributed by atoms with Gasteiger partial charge in [0.2, 0.25) is 0 Å². The van der Waals surface area contributed by atoms with E-state index < -0.39 is 5.97 Å². The fourth-order valence-electron chi connectivity index (χ4n) is 1.48. The van der Waals surface area contributed by atoms with E-state index in [0.717, 1.165) is 11.3 Å². The summed E-state index contributed by atoms with van der Waals surface area (Å²) in [5.74, 6) is -0.588. The van der Waals surface area contributed by atoms with Crippen molar-refractivity contribution in [2.24, 2.45) is 15.9 Å². The third-order valence-electron chi connectivity index (χ3n) is 2.58. The zero-order valence-electron chi connectivity index (χ0n) is 12.7. The van der Waals surface area contributed by atoms with E-state index in [1.165, 1.54) is 0 Å². The molecule has 8 heteroatoms. The van der Waals surface area contributed by atoms with Gasteiger partial charge < -0.3 is 10.5 Å². The highest BCUT2D eigenvalue weighted by Gasteiger charge is 2.17. The molecule has 118 valence electrons. The maximum absolute atomic E-state index is 12.0. The average molecular weight is 321 g/mol. The molecule has 0 bridgehead atoms. The van der Waals surface area contributed by atoms with E-state index in [-0.39, 0.29) is 17.4 Å². The van der Waals surface area contributed by atoms with E-state index in [1.807, 2.05) is 31.2 Å². The standard InChI is InChI=1S/C14H19N5O2S/c1-4-21-13(20)12(10(3)16-19-14(15)22)18-17-11-8-6-5-7-9(11)2/h5-8,17H,4H2,1-3H3,(H3,15,19,22). The Labute approximate surface area is 134 Å². The number of carbonyl (C=O) groups is 1. The van der Waals surface area contributed by atoms with Gasteiger partial charge in [-0.05, 0) is 44.6 Å². The number of nitrogens with two attached hydrogens (primary N) is 1. The van der Waals surface area contributed by atoms with Gasteiger partial charge in [-0.15, -0.1) is 0 Å². The number of anilines is 1. The van der Waals surface area contributed by atoms with Crippen molar-refractivity contribution in [1.82, 2.24) is 5.43 Å². The number of para-hydroxylation sites is 1. The predicted octanol–water partition coefficient (Wildman–Crippen LogP) is 1.54. The Morgan fingerprint density at radius 1 is 1.36 bits per heavy atom. The summed E-state index contributed by atoms with van der Waals surface area (Å²) in [6.45, 7) is 5.47. The van der Waals surface area contributed by atoms with Gasteiger partial charge in [-0.3, -0.25) is 10.9 Å². The topological polar surface area (TPSA) is 101 Å². The number of thiocarbonyl (C=S) groups is 1. The average Bonchev–Trinajstić information content (AvgIpc) is 2.47. The molecule has 0 spiro atoms. The summed E-state index contributed by atoms with van der Waals surface area (Å²) >= 11 is 4.66. The summed E-state index contributed by atoms with van der Waals surface area (Å²) in [4.78, 5) is 12.0. The van der Waals surface area contributed by atoms with Crippen LogP contribution in [0, 0.1) is 6.92 Å². The van der Waals surface area contributed by atoms with Gasteiger partial charge in [0.15, 0.2) is 10.8 Å². The number of hydrogen-bond acceptors (Lipinski definition) is 6. The van der Waals surface area contributed by atoms with Crippen LogP contribution in [0.2, 0.25) is 0 Å². The number of hydrazone groups is 2. The first-order valence-electron chi connectivity index (χ1n) is 6.62. The molecule has 0 saturated carbocycles. The van der Waals surface area contributed by atoms with Gasteiger partial charge in [0.1, 0.15) is 0 Å². The van der Waals surface area contributed by atoms with Crippen LogP contribution in [0.3, 0.4) is 0 Å². The predicted molar refractivity (Wildman–Crippen MR) is 91.9 cm³/mol. The monoisotopic (exact) mass is 321 g/mol. The fourth-order valence-corrected chi connectivity index (χ4v) is 1.53. The fraction of sp³-hybridized carbons (Fsp3) is 0.286. The molecule has 0 aliphatic rings. The third kappa shape index (κ3) is 5.49. The zero-order chi connectivity index (χ0) is 16.5. The minimum atomic E-state index is -0.588. The minimum Gasteiger partial charge on any atom is -0.461 e. The molecule has 0 atom stereocenters. The summed E-state index contributed by atoms with van der Waals surface area (Å²) in [5.41, 5.74) is 12.7. The molecule has 1 rings (SSSR count). The molecule has 0 heterocycles. The molecule has 0 fully saturated rings. The van der Waals surface area contributed by atoms with Gasteiger partial charge in [-0.2, -0.15) is 10.2 Å². The Balaban J connectivity index is 3.01. The van der Waals surface area contributed by atoms with Crippen LogP contribution in [0.4, 0.5) is 5.69 Å². The van der Waals surface area contributed by atoms with E-state index >= 15 is 0 Å². The second-order valence-electron chi connectivity index (χ2n) is 4.28. The lowest BCUT2D eigenvalue weighted by molar-refractivity contribution is -0.134. The SMILES string of the molecule is CCOC(=O)C(=NNc1ccccc1C)C(C)=NNC(N)=S. The molecule has 0 amide bonds. The van der Waals surface area contributed by atoms with E-state index in [4.69, 9.17) is 10.5 Å². The highest BCUT2D eigenvalue weighted by Crippen LogP contribution is 2.13. The molecule has 0 aliphatic heterocycles. The first-order valence-corrected chi connectivity index (χ1v) is 7.03. The van der Waals surface area contributed by atoms with E-state index in [2.05, 4.69) is 33.3 Å². The Morgan fingerprint density at radius 2 is 2.05 bits per heavy atom. The highest BCUT2D eigenvalue weighted by molar-refractivity contribution is 7.80. The van der Waals surface area contributed by atoms with Crippen LogP contribution in [-0.2, 0) is 9.53 Å². The first kappa shape index (κ1) is 17.6. The second-order valence-corrected chi connectivity index (χ2v) is 4.72. The summed E-state index contributed by atoms with van der Waals surface area (Å²) in [7, 11) is 0. The molecular weight excluding hydrogens is 302 g/mol. The lowest BCUT2D eigenvalue weighted by atomic mass is 10.2. The van der Waals surface area contributed by atoms with Gasteiger partial charge in [0, 0.05) is 0 Å². The maximum atomic E-state index is 12.0. The van der Waals surface area contributed by atoms with Crippen LogP contribution in [0.5, 0.6) is 0 Å².